The predicted octanol–water partition coefficient (Wildman–Crippen LogP) is 1.19. The third kappa shape index (κ3) is 2.88. The monoisotopic (exact) mass is 293 g/mol. The maximum Gasteiger partial charge on any atom is 0.322 e. The average Bonchev–Trinajstić information content (AvgIpc) is 2.76. The fourth-order valence-electron chi connectivity index (χ4n) is 3.34. The van der Waals surface area contributed by atoms with Crippen LogP contribution < -0.4 is 15.0 Å². The Morgan fingerprint density at radius 2 is 1.95 bits per heavy atom. The summed E-state index contributed by atoms with van der Waals surface area (Å²) in [5.41, 5.74) is 0. The third-order valence-electron chi connectivity index (χ3n) is 4.26. The van der Waals surface area contributed by atoms with Crippen molar-refractivity contribution in [3.05, 3.63) is 0 Å². The number of methoxy groups -OCH3 is 1. The number of nitrogens with one attached hydrogen (secondary N) is 1. The van der Waals surface area contributed by atoms with Crippen molar-refractivity contribution in [2.24, 2.45) is 0 Å². The molecule has 116 valence electrons. The van der Waals surface area contributed by atoms with Gasteiger partial charge in [0, 0.05) is 18.6 Å². The maximum atomic E-state index is 9.91. The van der Waals surface area contributed by atoms with Crippen molar-refractivity contribution < 1.29 is 9.84 Å². The van der Waals surface area contributed by atoms with Crippen LogP contribution in [0.4, 0.5) is 11.9 Å². The molecule has 0 radical (unpaired) electrons. The smallest absolute Gasteiger partial charge is 0.322 e. The second-order valence-electron chi connectivity index (χ2n) is 5.79. The first kappa shape index (κ1) is 14.3. The van der Waals surface area contributed by atoms with Crippen LogP contribution in [0.3, 0.4) is 0 Å². The summed E-state index contributed by atoms with van der Waals surface area (Å²) in [6, 6.07) is 0.985. The molecular formula is C14H23N5O2. The molecule has 3 heterocycles. The number of nitrogens with zero attached hydrogens (tertiary/aromatic N) is 4. The van der Waals surface area contributed by atoms with E-state index in [1.54, 1.807) is 7.11 Å². The first-order chi connectivity index (χ1) is 10.2. The molecule has 1 aromatic heterocycles. The molecule has 2 N–H and O–H groups in total. The van der Waals surface area contributed by atoms with E-state index >= 15 is 0 Å². The van der Waals surface area contributed by atoms with Crippen LogP contribution in [-0.2, 0) is 0 Å². The van der Waals surface area contributed by atoms with Crippen molar-refractivity contribution in [3.63, 3.8) is 0 Å². The van der Waals surface area contributed by atoms with Crippen molar-refractivity contribution in [3.8, 4) is 6.01 Å². The number of hydrogen-bond donors (Lipinski definition) is 2. The Morgan fingerprint density at radius 3 is 2.57 bits per heavy atom. The minimum Gasteiger partial charge on any atom is -0.467 e. The summed E-state index contributed by atoms with van der Waals surface area (Å²) in [6.07, 6.45) is 4.58. The third-order valence-corrected chi connectivity index (χ3v) is 4.26. The van der Waals surface area contributed by atoms with Crippen molar-refractivity contribution in [2.45, 2.75) is 57.2 Å². The van der Waals surface area contributed by atoms with Crippen molar-refractivity contribution in [1.29, 1.82) is 0 Å². The number of anilines is 2. The Hall–Kier alpha value is -1.63. The molecule has 0 aliphatic carbocycles. The molecule has 2 aliphatic rings. The number of rotatable bonds is 5. The number of aromatic nitrogens is 3. The number of aliphatic hydroxyl groups excluding tert-OH is 1. The Labute approximate surface area is 124 Å². The van der Waals surface area contributed by atoms with Gasteiger partial charge in [-0.25, -0.2) is 0 Å². The second-order valence-corrected chi connectivity index (χ2v) is 5.79. The molecule has 2 atom stereocenters. The fraction of sp³-hybridized carbons (Fsp3) is 0.786. The fourth-order valence-corrected chi connectivity index (χ4v) is 3.34. The molecule has 0 spiro atoms. The van der Waals surface area contributed by atoms with E-state index in [4.69, 9.17) is 4.74 Å². The second kappa shape index (κ2) is 6.01. The lowest BCUT2D eigenvalue weighted by molar-refractivity contribution is 0.125. The molecule has 1 aromatic rings. The predicted molar refractivity (Wildman–Crippen MR) is 79.7 cm³/mol. The summed E-state index contributed by atoms with van der Waals surface area (Å²) in [5, 5.41) is 13.1. The van der Waals surface area contributed by atoms with Gasteiger partial charge in [-0.15, -0.1) is 0 Å². The number of aliphatic hydroxyl groups is 1. The van der Waals surface area contributed by atoms with Crippen molar-refractivity contribution >= 4 is 11.9 Å². The molecular weight excluding hydrogens is 270 g/mol. The van der Waals surface area contributed by atoms with Crippen molar-refractivity contribution in [2.75, 3.05) is 23.9 Å². The van der Waals surface area contributed by atoms with Gasteiger partial charge in [-0.3, -0.25) is 0 Å². The zero-order chi connectivity index (χ0) is 14.8. The zero-order valence-corrected chi connectivity index (χ0v) is 12.6. The lowest BCUT2D eigenvalue weighted by Gasteiger charge is -2.37. The van der Waals surface area contributed by atoms with Gasteiger partial charge in [-0.1, -0.05) is 6.92 Å². The normalized spacial score (nSPS) is 27.8. The van der Waals surface area contributed by atoms with Gasteiger partial charge >= 0.3 is 6.01 Å². The van der Waals surface area contributed by atoms with Gasteiger partial charge in [-0.2, -0.15) is 15.0 Å². The number of ether oxygens (including phenoxy) is 1. The summed E-state index contributed by atoms with van der Waals surface area (Å²) in [6.45, 7) is 2.91. The highest BCUT2D eigenvalue weighted by Gasteiger charge is 2.41. The van der Waals surface area contributed by atoms with Crippen LogP contribution >= 0.6 is 0 Å². The standard InChI is InChI=1S/C14H23N5O2/c1-3-6-15-12-16-13(18-14(17-12)21-2)19-9-4-5-10(19)8-11(20)7-9/h9-11,20H,3-8H2,1-2H3,(H,15,16,17,18). The van der Waals surface area contributed by atoms with E-state index < -0.39 is 0 Å². The molecule has 0 amide bonds. The minimum absolute atomic E-state index is 0.194. The van der Waals surface area contributed by atoms with Crippen LogP contribution in [-0.4, -0.2) is 51.9 Å². The lowest BCUT2D eigenvalue weighted by atomic mass is 10.0. The number of fused-ring (bicyclic) bond motifs is 2. The number of hydrogen-bond acceptors (Lipinski definition) is 7. The van der Waals surface area contributed by atoms with Gasteiger partial charge in [0.25, 0.3) is 0 Å². The van der Waals surface area contributed by atoms with E-state index in [-0.39, 0.29) is 6.10 Å². The van der Waals surface area contributed by atoms with E-state index in [1.807, 2.05) is 0 Å². The highest BCUT2D eigenvalue weighted by molar-refractivity contribution is 5.42. The van der Waals surface area contributed by atoms with E-state index in [0.717, 1.165) is 38.6 Å². The Balaban J connectivity index is 1.87. The van der Waals surface area contributed by atoms with Gasteiger partial charge < -0.3 is 20.1 Å². The first-order valence-electron chi connectivity index (χ1n) is 7.71. The molecule has 2 bridgehead atoms. The summed E-state index contributed by atoms with van der Waals surface area (Å²) < 4.78 is 5.20. The SMILES string of the molecule is CCCNc1nc(OC)nc(N2C3CCC2CC(O)C3)n1. The van der Waals surface area contributed by atoms with Gasteiger partial charge in [0.2, 0.25) is 11.9 Å². The number of piperidine rings is 1. The van der Waals surface area contributed by atoms with Crippen LogP contribution in [0, 0.1) is 0 Å². The average molecular weight is 293 g/mol. The Morgan fingerprint density at radius 1 is 1.24 bits per heavy atom. The molecule has 7 heteroatoms. The highest BCUT2D eigenvalue weighted by atomic mass is 16.5. The van der Waals surface area contributed by atoms with Gasteiger partial charge in [0.1, 0.15) is 0 Å². The maximum absolute atomic E-state index is 9.91. The molecule has 2 saturated heterocycles. The van der Waals surface area contributed by atoms with E-state index in [1.165, 1.54) is 0 Å². The van der Waals surface area contributed by atoms with Crippen LogP contribution in [0.5, 0.6) is 6.01 Å². The van der Waals surface area contributed by atoms with Crippen LogP contribution in [0.2, 0.25) is 0 Å². The van der Waals surface area contributed by atoms with E-state index in [2.05, 4.69) is 32.1 Å². The summed E-state index contributed by atoms with van der Waals surface area (Å²) in [5.74, 6) is 1.23. The highest BCUT2D eigenvalue weighted by Crippen LogP contribution is 2.38. The molecule has 2 aliphatic heterocycles. The molecule has 21 heavy (non-hydrogen) atoms. The molecule has 2 unspecified atom stereocenters. The zero-order valence-electron chi connectivity index (χ0n) is 12.6. The Kier molecular flexibility index (Phi) is 4.10. The molecule has 0 saturated carbocycles. The van der Waals surface area contributed by atoms with Crippen LogP contribution in [0.15, 0.2) is 0 Å². The van der Waals surface area contributed by atoms with Crippen LogP contribution in [0.25, 0.3) is 0 Å². The minimum atomic E-state index is -0.194. The van der Waals surface area contributed by atoms with Gasteiger partial charge in [0.15, 0.2) is 0 Å². The summed E-state index contributed by atoms with van der Waals surface area (Å²) >= 11 is 0. The molecule has 2 fully saturated rings. The quantitative estimate of drug-likeness (QED) is 0.843. The summed E-state index contributed by atoms with van der Waals surface area (Å²) in [7, 11) is 1.57. The largest absolute Gasteiger partial charge is 0.467 e. The molecule has 0 aromatic carbocycles. The van der Waals surface area contributed by atoms with E-state index in [0.29, 0.717) is 30.0 Å². The lowest BCUT2D eigenvalue weighted by Crippen LogP contribution is -2.45. The van der Waals surface area contributed by atoms with Gasteiger partial charge in [-0.05, 0) is 32.1 Å². The van der Waals surface area contributed by atoms with E-state index in [9.17, 15) is 5.11 Å². The molecule has 3 rings (SSSR count). The Bertz CT molecular complexity index is 484. The first-order valence-corrected chi connectivity index (χ1v) is 7.71. The van der Waals surface area contributed by atoms with Crippen LogP contribution in [0.1, 0.15) is 39.0 Å². The summed E-state index contributed by atoms with van der Waals surface area (Å²) in [4.78, 5) is 15.4. The molecule has 7 nitrogen and oxygen atoms in total. The van der Waals surface area contributed by atoms with Gasteiger partial charge in [0.05, 0.1) is 13.2 Å². The van der Waals surface area contributed by atoms with Crippen molar-refractivity contribution in [1.82, 2.24) is 15.0 Å². The topological polar surface area (TPSA) is 83.4 Å².